The smallest absolute Gasteiger partial charge is 0.322 e. The van der Waals surface area contributed by atoms with Gasteiger partial charge in [-0.05, 0) is 30.3 Å². The molecule has 4 aromatic rings. The van der Waals surface area contributed by atoms with Gasteiger partial charge in [-0.1, -0.05) is 48.5 Å². The summed E-state index contributed by atoms with van der Waals surface area (Å²) in [5.74, 6) is -1.03. The molecule has 0 saturated carbocycles. The maximum absolute atomic E-state index is 13.3. The number of carbonyl (C=O) groups excluding carboxylic acids is 2. The van der Waals surface area contributed by atoms with Crippen LogP contribution in [0.3, 0.4) is 0 Å². The van der Waals surface area contributed by atoms with Crippen LogP contribution >= 0.6 is 0 Å². The maximum atomic E-state index is 13.3. The number of anilines is 1. The van der Waals surface area contributed by atoms with Crippen LogP contribution in [-0.4, -0.2) is 21.5 Å². The second kappa shape index (κ2) is 9.33. The van der Waals surface area contributed by atoms with E-state index in [0.717, 1.165) is 12.1 Å². The summed E-state index contributed by atoms with van der Waals surface area (Å²) in [6.45, 7) is 0. The van der Waals surface area contributed by atoms with E-state index in [-0.39, 0.29) is 39.0 Å². The van der Waals surface area contributed by atoms with Crippen LogP contribution in [0.4, 0.5) is 32.0 Å². The summed E-state index contributed by atoms with van der Waals surface area (Å²) < 4.78 is 78.8. The van der Waals surface area contributed by atoms with E-state index in [1.165, 1.54) is 24.3 Å². The molecule has 0 radical (unpaired) electrons. The molecule has 1 aromatic heterocycles. The fourth-order valence-corrected chi connectivity index (χ4v) is 3.43. The van der Waals surface area contributed by atoms with Crippen molar-refractivity contribution in [2.24, 2.45) is 0 Å². The van der Waals surface area contributed by atoms with E-state index in [0.29, 0.717) is 5.56 Å². The number of hydrogen-bond donors (Lipinski definition) is 1. The van der Waals surface area contributed by atoms with Gasteiger partial charge in [0.25, 0.3) is 5.91 Å². The molecule has 1 heterocycles. The average molecular weight is 503 g/mol. The van der Waals surface area contributed by atoms with Crippen molar-refractivity contribution in [2.45, 2.75) is 12.4 Å². The lowest BCUT2D eigenvalue weighted by Gasteiger charge is -2.12. The molecule has 0 aliphatic rings. The Balaban J connectivity index is 1.60. The van der Waals surface area contributed by atoms with Gasteiger partial charge >= 0.3 is 12.4 Å². The lowest BCUT2D eigenvalue weighted by molar-refractivity contribution is -0.143. The molecule has 5 nitrogen and oxygen atoms in total. The number of benzene rings is 3. The number of aromatic nitrogens is 2. The summed E-state index contributed by atoms with van der Waals surface area (Å²) in [4.78, 5) is 25.7. The highest BCUT2D eigenvalue weighted by molar-refractivity contribution is 6.17. The topological polar surface area (TPSA) is 64.0 Å². The predicted octanol–water partition coefficient (Wildman–Crippen LogP) is 6.39. The SMILES string of the molecule is O=C(Nc1ccc(-n2nc(C(F)(F)F)cc2C(F)(F)F)cc1)c1ccccc1C(=O)c1ccccc1. The quantitative estimate of drug-likeness (QED) is 0.254. The van der Waals surface area contributed by atoms with E-state index in [1.54, 1.807) is 42.5 Å². The molecule has 1 amide bonds. The fraction of sp³-hybridized carbons (Fsp3) is 0.0800. The molecule has 1 N–H and O–H groups in total. The standard InChI is InChI=1S/C25H15F6N3O2/c26-24(27,28)20-14-21(25(29,30)31)34(33-20)17-12-10-16(11-13-17)32-23(36)19-9-5-4-8-18(19)22(35)15-6-2-1-3-7-15/h1-14H,(H,32,36). The van der Waals surface area contributed by atoms with Crippen molar-refractivity contribution >= 4 is 17.4 Å². The molecule has 0 fully saturated rings. The monoisotopic (exact) mass is 503 g/mol. The summed E-state index contributed by atoms with van der Waals surface area (Å²) in [7, 11) is 0. The number of rotatable bonds is 5. The largest absolute Gasteiger partial charge is 0.435 e. The molecule has 0 bridgehead atoms. The van der Waals surface area contributed by atoms with Gasteiger partial charge in [-0.3, -0.25) is 9.59 Å². The van der Waals surface area contributed by atoms with Crippen molar-refractivity contribution in [1.29, 1.82) is 0 Å². The van der Waals surface area contributed by atoms with Gasteiger partial charge in [-0.25, -0.2) is 4.68 Å². The Morgan fingerprint density at radius 1 is 0.722 bits per heavy atom. The summed E-state index contributed by atoms with van der Waals surface area (Å²) in [6, 6.07) is 18.9. The van der Waals surface area contributed by atoms with Gasteiger partial charge in [0, 0.05) is 22.9 Å². The maximum Gasteiger partial charge on any atom is 0.435 e. The zero-order valence-electron chi connectivity index (χ0n) is 18.1. The van der Waals surface area contributed by atoms with Crippen LogP contribution in [0.1, 0.15) is 37.7 Å². The number of amides is 1. The molecular weight excluding hydrogens is 488 g/mol. The third-order valence-electron chi connectivity index (χ3n) is 5.11. The lowest BCUT2D eigenvalue weighted by atomic mass is 9.98. The Hall–Kier alpha value is -4.41. The second-order valence-corrected chi connectivity index (χ2v) is 7.56. The van der Waals surface area contributed by atoms with E-state index in [2.05, 4.69) is 10.4 Å². The van der Waals surface area contributed by atoms with Gasteiger partial charge in [0.1, 0.15) is 5.69 Å². The minimum absolute atomic E-state index is 0.0664. The van der Waals surface area contributed by atoms with Crippen molar-refractivity contribution < 1.29 is 35.9 Å². The van der Waals surface area contributed by atoms with Gasteiger partial charge in [0.2, 0.25) is 0 Å². The van der Waals surface area contributed by atoms with Gasteiger partial charge < -0.3 is 5.32 Å². The van der Waals surface area contributed by atoms with Crippen LogP contribution in [-0.2, 0) is 12.4 Å². The zero-order chi connectivity index (χ0) is 26.1. The molecular formula is C25H15F6N3O2. The minimum atomic E-state index is -5.08. The Morgan fingerprint density at radius 2 is 1.31 bits per heavy atom. The van der Waals surface area contributed by atoms with E-state index in [1.807, 2.05) is 0 Å². The Bertz CT molecular complexity index is 1410. The molecule has 0 atom stereocenters. The van der Waals surface area contributed by atoms with Crippen LogP contribution in [0.5, 0.6) is 0 Å². The molecule has 0 aliphatic heterocycles. The number of carbonyl (C=O) groups is 2. The predicted molar refractivity (Wildman–Crippen MR) is 118 cm³/mol. The highest BCUT2D eigenvalue weighted by Crippen LogP contribution is 2.36. The molecule has 3 aromatic carbocycles. The van der Waals surface area contributed by atoms with Crippen LogP contribution in [0.2, 0.25) is 0 Å². The summed E-state index contributed by atoms with van der Waals surface area (Å²) in [6.07, 6.45) is -10.2. The lowest BCUT2D eigenvalue weighted by Crippen LogP contribution is -2.17. The molecule has 4 rings (SSSR count). The Labute approximate surface area is 200 Å². The number of nitrogens with zero attached hydrogens (tertiary/aromatic N) is 2. The summed E-state index contributed by atoms with van der Waals surface area (Å²) in [5, 5.41) is 5.60. The highest BCUT2D eigenvalue weighted by Gasteiger charge is 2.42. The third kappa shape index (κ3) is 5.14. The molecule has 0 aliphatic carbocycles. The van der Waals surface area contributed by atoms with Gasteiger partial charge in [0.15, 0.2) is 11.5 Å². The Morgan fingerprint density at radius 3 is 1.89 bits per heavy atom. The van der Waals surface area contributed by atoms with Gasteiger partial charge in [-0.15, -0.1) is 0 Å². The van der Waals surface area contributed by atoms with Crippen molar-refractivity contribution in [3.63, 3.8) is 0 Å². The first-order valence-electron chi connectivity index (χ1n) is 10.3. The molecule has 0 spiro atoms. The molecule has 0 unspecified atom stereocenters. The fourth-order valence-electron chi connectivity index (χ4n) is 3.43. The number of nitrogens with one attached hydrogen (secondary N) is 1. The van der Waals surface area contributed by atoms with E-state index in [4.69, 9.17) is 0 Å². The summed E-state index contributed by atoms with van der Waals surface area (Å²) in [5.41, 5.74) is -2.86. The first-order valence-corrected chi connectivity index (χ1v) is 10.3. The first-order chi connectivity index (χ1) is 16.9. The number of ketones is 1. The van der Waals surface area contributed by atoms with E-state index < -0.39 is 29.6 Å². The van der Waals surface area contributed by atoms with Crippen LogP contribution in [0.25, 0.3) is 5.69 Å². The van der Waals surface area contributed by atoms with Crippen molar-refractivity contribution in [3.05, 3.63) is 113 Å². The van der Waals surface area contributed by atoms with E-state index in [9.17, 15) is 35.9 Å². The zero-order valence-corrected chi connectivity index (χ0v) is 18.1. The van der Waals surface area contributed by atoms with Crippen LogP contribution in [0.15, 0.2) is 84.9 Å². The van der Waals surface area contributed by atoms with Crippen molar-refractivity contribution in [1.82, 2.24) is 9.78 Å². The highest BCUT2D eigenvalue weighted by atomic mass is 19.4. The molecule has 184 valence electrons. The van der Waals surface area contributed by atoms with Gasteiger partial charge in [0.05, 0.1) is 11.3 Å². The number of halogens is 6. The average Bonchev–Trinajstić information content (AvgIpc) is 3.32. The Kier molecular flexibility index (Phi) is 6.40. The second-order valence-electron chi connectivity index (χ2n) is 7.56. The van der Waals surface area contributed by atoms with E-state index >= 15 is 0 Å². The van der Waals surface area contributed by atoms with Crippen molar-refractivity contribution in [2.75, 3.05) is 5.32 Å². The molecule has 36 heavy (non-hydrogen) atoms. The first kappa shape index (κ1) is 24.7. The van der Waals surface area contributed by atoms with Crippen LogP contribution in [0, 0.1) is 0 Å². The minimum Gasteiger partial charge on any atom is -0.322 e. The molecule has 11 heteroatoms. The number of alkyl halides is 6. The normalized spacial score (nSPS) is 11.8. The van der Waals surface area contributed by atoms with Crippen LogP contribution < -0.4 is 5.32 Å². The third-order valence-corrected chi connectivity index (χ3v) is 5.11. The summed E-state index contributed by atoms with van der Waals surface area (Å²) >= 11 is 0. The molecule has 0 saturated heterocycles. The van der Waals surface area contributed by atoms with Crippen molar-refractivity contribution in [3.8, 4) is 5.69 Å². The number of hydrogen-bond acceptors (Lipinski definition) is 3. The van der Waals surface area contributed by atoms with Gasteiger partial charge in [-0.2, -0.15) is 31.4 Å².